The molecule has 4 rings (SSSR count). The number of aliphatic hydroxyl groups is 1. The Kier molecular flexibility index (Phi) is 8.00. The predicted molar refractivity (Wildman–Crippen MR) is 129 cm³/mol. The maximum absolute atomic E-state index is 12.9. The largest absolute Gasteiger partial charge is 0.416 e. The molecule has 1 saturated carbocycles. The number of carbonyl (C=O) groups is 2. The number of hydrogen-bond donors (Lipinski definition) is 3. The van der Waals surface area contributed by atoms with Gasteiger partial charge < -0.3 is 15.7 Å². The van der Waals surface area contributed by atoms with E-state index in [2.05, 4.69) is 46.7 Å². The van der Waals surface area contributed by atoms with Gasteiger partial charge >= 0.3 is 6.18 Å². The number of likely N-dealkylation sites (tertiary alicyclic amines) is 1. The van der Waals surface area contributed by atoms with Crippen molar-refractivity contribution in [3.8, 4) is 0 Å². The summed E-state index contributed by atoms with van der Waals surface area (Å²) in [6.45, 7) is 2.71. The highest BCUT2D eigenvalue weighted by atomic mass is 19.4. The lowest BCUT2D eigenvalue weighted by Gasteiger charge is -2.35. The number of aryl methyl sites for hydroxylation is 1. The minimum atomic E-state index is -4.56. The van der Waals surface area contributed by atoms with E-state index in [1.54, 1.807) is 0 Å². The Morgan fingerprint density at radius 1 is 1.03 bits per heavy atom. The Labute approximate surface area is 208 Å². The molecule has 1 aliphatic carbocycles. The van der Waals surface area contributed by atoms with Crippen molar-refractivity contribution in [2.24, 2.45) is 0 Å². The maximum atomic E-state index is 12.9. The molecule has 2 aliphatic rings. The zero-order chi connectivity index (χ0) is 25.9. The van der Waals surface area contributed by atoms with Gasteiger partial charge in [-0.05, 0) is 62.3 Å². The second-order valence-electron chi connectivity index (χ2n) is 9.88. The summed E-state index contributed by atoms with van der Waals surface area (Å²) in [7, 11) is 0. The fourth-order valence-electron chi connectivity index (χ4n) is 5.31. The third-order valence-corrected chi connectivity index (χ3v) is 7.25. The van der Waals surface area contributed by atoms with Gasteiger partial charge in [0, 0.05) is 24.7 Å². The zero-order valence-electron chi connectivity index (χ0n) is 20.2. The summed E-state index contributed by atoms with van der Waals surface area (Å²) >= 11 is 0. The van der Waals surface area contributed by atoms with E-state index in [-0.39, 0.29) is 12.1 Å². The van der Waals surface area contributed by atoms with Crippen molar-refractivity contribution in [1.82, 2.24) is 15.5 Å². The van der Waals surface area contributed by atoms with E-state index in [4.69, 9.17) is 0 Å². The van der Waals surface area contributed by atoms with Crippen LogP contribution in [0.2, 0.25) is 0 Å². The fraction of sp³-hybridized carbons (Fsp3) is 0.481. The first kappa shape index (κ1) is 26.2. The van der Waals surface area contributed by atoms with Crippen LogP contribution >= 0.6 is 0 Å². The van der Waals surface area contributed by atoms with Crippen molar-refractivity contribution < 1.29 is 27.9 Å². The number of β-amino-alcohol motifs (C(OH)–C–C–N with tert-alkyl or cyclic N) is 1. The van der Waals surface area contributed by atoms with Crippen LogP contribution in [-0.2, 0) is 11.0 Å². The van der Waals surface area contributed by atoms with Crippen molar-refractivity contribution >= 4 is 11.8 Å². The van der Waals surface area contributed by atoms with Gasteiger partial charge in [-0.25, -0.2) is 0 Å². The van der Waals surface area contributed by atoms with Crippen LogP contribution in [0.5, 0.6) is 0 Å². The van der Waals surface area contributed by atoms with Crippen LogP contribution < -0.4 is 10.6 Å². The first-order valence-corrected chi connectivity index (χ1v) is 12.3. The highest BCUT2D eigenvalue weighted by Gasteiger charge is 2.37. The molecule has 2 atom stereocenters. The molecule has 1 saturated heterocycles. The summed E-state index contributed by atoms with van der Waals surface area (Å²) in [5.74, 6) is -0.718. The minimum Gasteiger partial charge on any atom is -0.390 e. The van der Waals surface area contributed by atoms with Gasteiger partial charge in [0.1, 0.15) is 0 Å². The van der Waals surface area contributed by atoms with Crippen LogP contribution in [0.1, 0.15) is 58.6 Å². The van der Waals surface area contributed by atoms with E-state index in [0.29, 0.717) is 25.0 Å². The number of nitrogens with zero attached hydrogens (tertiary/aromatic N) is 1. The van der Waals surface area contributed by atoms with Gasteiger partial charge in [0.25, 0.3) is 5.91 Å². The summed E-state index contributed by atoms with van der Waals surface area (Å²) in [5.41, 5.74) is 1.54. The van der Waals surface area contributed by atoms with E-state index in [0.717, 1.165) is 43.9 Å². The second kappa shape index (κ2) is 11.0. The van der Waals surface area contributed by atoms with Gasteiger partial charge in [-0.3, -0.25) is 14.5 Å². The number of hydrogen-bond acceptors (Lipinski definition) is 4. The number of alkyl halides is 3. The van der Waals surface area contributed by atoms with Crippen LogP contribution in [0.3, 0.4) is 0 Å². The van der Waals surface area contributed by atoms with E-state index in [9.17, 15) is 27.9 Å². The molecule has 1 aliphatic heterocycles. The van der Waals surface area contributed by atoms with E-state index >= 15 is 0 Å². The monoisotopic (exact) mass is 503 g/mol. The lowest BCUT2D eigenvalue weighted by atomic mass is 9.81. The number of rotatable bonds is 6. The van der Waals surface area contributed by atoms with E-state index in [1.165, 1.54) is 17.2 Å². The Morgan fingerprint density at radius 2 is 1.75 bits per heavy atom. The normalized spacial score (nSPS) is 24.9. The van der Waals surface area contributed by atoms with Gasteiger partial charge in [-0.15, -0.1) is 0 Å². The second-order valence-corrected chi connectivity index (χ2v) is 9.88. The van der Waals surface area contributed by atoms with Crippen molar-refractivity contribution in [3.63, 3.8) is 0 Å². The summed E-state index contributed by atoms with van der Waals surface area (Å²) in [6, 6.07) is 12.6. The third kappa shape index (κ3) is 6.44. The van der Waals surface area contributed by atoms with Gasteiger partial charge in [0.2, 0.25) is 5.91 Å². The molecule has 9 heteroatoms. The summed E-state index contributed by atoms with van der Waals surface area (Å²) in [4.78, 5) is 26.8. The fourth-order valence-corrected chi connectivity index (χ4v) is 5.31. The number of carbonyl (C=O) groups excluding carboxylic acids is 2. The molecular weight excluding hydrogens is 471 g/mol. The molecule has 36 heavy (non-hydrogen) atoms. The van der Waals surface area contributed by atoms with Crippen LogP contribution in [-0.4, -0.2) is 59.6 Å². The molecule has 2 fully saturated rings. The Morgan fingerprint density at radius 3 is 2.44 bits per heavy atom. The summed E-state index contributed by atoms with van der Waals surface area (Å²) < 4.78 is 38.6. The zero-order valence-corrected chi connectivity index (χ0v) is 20.2. The number of benzene rings is 2. The van der Waals surface area contributed by atoms with Gasteiger partial charge in [0.15, 0.2) is 0 Å². The lowest BCUT2D eigenvalue weighted by Crippen LogP contribution is -2.47. The van der Waals surface area contributed by atoms with Crippen molar-refractivity contribution in [1.29, 1.82) is 0 Å². The van der Waals surface area contributed by atoms with Crippen molar-refractivity contribution in [2.75, 3.05) is 19.6 Å². The standard InChI is InChI=1S/C27H32F3N3O3/c1-17-4-2-5-19(12-17)18-8-10-22(11-9-18)33-15-23(24(34)16-33)32-25(35)14-31-26(36)20-6-3-7-21(13-20)27(28,29)30/h2-7,12-13,18,22-24,34H,8-11,14-16H2,1H3,(H,31,36)(H,32,35)/t18?,22?,23-,24-/m0/s1. The van der Waals surface area contributed by atoms with Crippen LogP contribution in [0.15, 0.2) is 48.5 Å². The van der Waals surface area contributed by atoms with Crippen LogP contribution in [0.25, 0.3) is 0 Å². The minimum absolute atomic E-state index is 0.175. The molecule has 194 valence electrons. The lowest BCUT2D eigenvalue weighted by molar-refractivity contribution is -0.137. The van der Waals surface area contributed by atoms with Crippen LogP contribution in [0.4, 0.5) is 13.2 Å². The van der Waals surface area contributed by atoms with Gasteiger partial charge in [-0.2, -0.15) is 13.2 Å². The molecule has 2 aromatic rings. The molecule has 0 unspecified atom stereocenters. The van der Waals surface area contributed by atoms with Crippen molar-refractivity contribution in [2.45, 2.75) is 62.9 Å². The van der Waals surface area contributed by atoms with Crippen LogP contribution in [0, 0.1) is 6.92 Å². The number of amides is 2. The molecule has 6 nitrogen and oxygen atoms in total. The molecule has 2 amide bonds. The molecule has 0 bridgehead atoms. The highest BCUT2D eigenvalue weighted by molar-refractivity contribution is 5.96. The first-order valence-electron chi connectivity index (χ1n) is 12.3. The first-order chi connectivity index (χ1) is 17.1. The van der Waals surface area contributed by atoms with Gasteiger partial charge in [-0.1, -0.05) is 35.9 Å². The topological polar surface area (TPSA) is 81.7 Å². The number of aliphatic hydroxyl groups excluding tert-OH is 1. The smallest absolute Gasteiger partial charge is 0.390 e. The predicted octanol–water partition coefficient (Wildman–Crippen LogP) is 3.63. The molecule has 2 aromatic carbocycles. The molecule has 0 aromatic heterocycles. The maximum Gasteiger partial charge on any atom is 0.416 e. The van der Waals surface area contributed by atoms with E-state index in [1.807, 2.05) is 0 Å². The molecule has 1 heterocycles. The number of nitrogens with one attached hydrogen (secondary N) is 2. The molecular formula is C27H32F3N3O3. The van der Waals surface area contributed by atoms with Crippen molar-refractivity contribution in [3.05, 3.63) is 70.8 Å². The SMILES string of the molecule is Cc1cccc(C2CCC(N3C[C@H](NC(=O)CNC(=O)c4cccc(C(F)(F)F)c4)[C@@H](O)C3)CC2)c1. The van der Waals surface area contributed by atoms with E-state index < -0.39 is 35.7 Å². The Bertz CT molecular complexity index is 1080. The molecule has 3 N–H and O–H groups in total. The average molecular weight is 504 g/mol. The van der Waals surface area contributed by atoms with Gasteiger partial charge in [0.05, 0.1) is 24.3 Å². The molecule has 0 radical (unpaired) electrons. The third-order valence-electron chi connectivity index (χ3n) is 7.25. The molecule has 0 spiro atoms. The Hall–Kier alpha value is -2.91. The average Bonchev–Trinajstić information content (AvgIpc) is 3.22. The summed E-state index contributed by atoms with van der Waals surface area (Å²) in [6.07, 6.45) is -1.06. The quantitative estimate of drug-likeness (QED) is 0.563. The Balaban J connectivity index is 1.23. The highest BCUT2D eigenvalue weighted by Crippen LogP contribution is 2.36. The summed E-state index contributed by atoms with van der Waals surface area (Å²) in [5, 5.41) is 15.6. The number of halogens is 3.